The number of fused-ring (bicyclic) bond motifs is 1. The summed E-state index contributed by atoms with van der Waals surface area (Å²) in [6, 6.07) is 14.5. The van der Waals surface area contributed by atoms with E-state index in [-0.39, 0.29) is 0 Å². The van der Waals surface area contributed by atoms with Gasteiger partial charge in [0.25, 0.3) is 0 Å². The van der Waals surface area contributed by atoms with Crippen molar-refractivity contribution >= 4 is 10.8 Å². The Morgan fingerprint density at radius 1 is 1.00 bits per heavy atom. The molecule has 1 aromatic carbocycles. The average molecular weight is 235 g/mol. The van der Waals surface area contributed by atoms with Crippen molar-refractivity contribution in [1.29, 1.82) is 0 Å². The van der Waals surface area contributed by atoms with E-state index in [1.165, 1.54) is 16.3 Å². The zero-order valence-corrected chi connectivity index (χ0v) is 10.6. The number of benzene rings is 1. The van der Waals surface area contributed by atoms with Gasteiger partial charge in [0.05, 0.1) is 0 Å². The molecule has 0 aliphatic carbocycles. The van der Waals surface area contributed by atoms with E-state index in [0.717, 1.165) is 11.4 Å². The van der Waals surface area contributed by atoms with Crippen molar-refractivity contribution in [1.82, 2.24) is 4.98 Å². The molecule has 2 heterocycles. The maximum absolute atomic E-state index is 4.62. The first-order valence-corrected chi connectivity index (χ1v) is 6.07. The van der Waals surface area contributed by atoms with Gasteiger partial charge in [-0.15, -0.1) is 0 Å². The summed E-state index contributed by atoms with van der Waals surface area (Å²) in [6.07, 6.45) is 4.00. The number of pyridine rings is 2. The van der Waals surface area contributed by atoms with Gasteiger partial charge in [-0.2, -0.15) is 4.57 Å². The van der Waals surface area contributed by atoms with Crippen LogP contribution in [0.4, 0.5) is 0 Å². The first-order chi connectivity index (χ1) is 8.77. The third-order valence-corrected chi connectivity index (χ3v) is 3.35. The highest BCUT2D eigenvalue weighted by molar-refractivity contribution is 5.88. The molecule has 18 heavy (non-hydrogen) atoms. The second-order valence-electron chi connectivity index (χ2n) is 4.52. The summed E-state index contributed by atoms with van der Waals surface area (Å²) in [6.45, 7) is 2.14. The topological polar surface area (TPSA) is 16.8 Å². The first kappa shape index (κ1) is 10.9. The van der Waals surface area contributed by atoms with Gasteiger partial charge in [0, 0.05) is 23.7 Å². The van der Waals surface area contributed by atoms with E-state index in [0.29, 0.717) is 0 Å². The summed E-state index contributed by atoms with van der Waals surface area (Å²) < 4.78 is 2.10. The molecule has 0 saturated carbocycles. The van der Waals surface area contributed by atoms with Crippen LogP contribution in [0.15, 0.2) is 54.9 Å². The van der Waals surface area contributed by atoms with E-state index < -0.39 is 0 Å². The number of aromatic nitrogens is 2. The predicted molar refractivity (Wildman–Crippen MR) is 73.1 cm³/mol. The van der Waals surface area contributed by atoms with Crippen molar-refractivity contribution in [3.8, 4) is 11.4 Å². The van der Waals surface area contributed by atoms with Gasteiger partial charge in [-0.1, -0.05) is 24.3 Å². The Morgan fingerprint density at radius 3 is 2.61 bits per heavy atom. The fraction of sp³-hybridized carbons (Fsp3) is 0.125. The summed E-state index contributed by atoms with van der Waals surface area (Å²) in [5.74, 6) is 0. The lowest BCUT2D eigenvalue weighted by atomic mass is 10.0. The van der Waals surface area contributed by atoms with Crippen LogP contribution in [-0.4, -0.2) is 4.98 Å². The molecule has 0 aliphatic heterocycles. The lowest BCUT2D eigenvalue weighted by molar-refractivity contribution is -0.660. The average Bonchev–Trinajstić information content (AvgIpc) is 2.41. The molecule has 0 N–H and O–H groups in total. The van der Waals surface area contributed by atoms with Gasteiger partial charge in [0.15, 0.2) is 6.20 Å². The third-order valence-electron chi connectivity index (χ3n) is 3.35. The first-order valence-electron chi connectivity index (χ1n) is 6.07. The molecular weight excluding hydrogens is 220 g/mol. The number of aryl methyl sites for hydroxylation is 2. The molecule has 0 saturated heterocycles. The highest BCUT2D eigenvalue weighted by Gasteiger charge is 2.14. The molecule has 2 nitrogen and oxygen atoms in total. The standard InChI is InChI=1S/C16H15N2/c1-12-14-8-4-3-7-13(14)11-17-16(12)15-9-5-6-10-18(15)2/h3-11H,1-2H3/q+1. The summed E-state index contributed by atoms with van der Waals surface area (Å²) in [7, 11) is 2.05. The minimum atomic E-state index is 1.05. The Hall–Kier alpha value is -2.22. The molecule has 3 rings (SSSR count). The normalized spacial score (nSPS) is 10.8. The molecule has 0 radical (unpaired) electrons. The van der Waals surface area contributed by atoms with Gasteiger partial charge in [-0.25, -0.2) is 4.98 Å². The van der Waals surface area contributed by atoms with Crippen LogP contribution >= 0.6 is 0 Å². The largest absolute Gasteiger partial charge is 0.249 e. The van der Waals surface area contributed by atoms with Gasteiger partial charge in [0.1, 0.15) is 12.7 Å². The van der Waals surface area contributed by atoms with Crippen molar-refractivity contribution < 1.29 is 4.57 Å². The second-order valence-corrected chi connectivity index (χ2v) is 4.52. The number of hydrogen-bond acceptors (Lipinski definition) is 1. The Balaban J connectivity index is 2.31. The number of nitrogens with zero attached hydrogens (tertiary/aromatic N) is 2. The van der Waals surface area contributed by atoms with Crippen LogP contribution in [0.1, 0.15) is 5.56 Å². The summed E-state index contributed by atoms with van der Waals surface area (Å²) >= 11 is 0. The predicted octanol–water partition coefficient (Wildman–Crippen LogP) is 3.03. The van der Waals surface area contributed by atoms with Crippen LogP contribution in [0.3, 0.4) is 0 Å². The molecule has 2 heteroatoms. The van der Waals surface area contributed by atoms with E-state index in [4.69, 9.17) is 0 Å². The van der Waals surface area contributed by atoms with Gasteiger partial charge in [0.2, 0.25) is 5.69 Å². The molecule has 0 atom stereocenters. The zero-order valence-electron chi connectivity index (χ0n) is 10.6. The highest BCUT2D eigenvalue weighted by Crippen LogP contribution is 2.25. The minimum Gasteiger partial charge on any atom is -0.249 e. The zero-order chi connectivity index (χ0) is 12.5. The van der Waals surface area contributed by atoms with Crippen LogP contribution in [0.5, 0.6) is 0 Å². The quantitative estimate of drug-likeness (QED) is 0.592. The van der Waals surface area contributed by atoms with Crippen LogP contribution in [0.2, 0.25) is 0 Å². The second kappa shape index (κ2) is 4.22. The van der Waals surface area contributed by atoms with E-state index in [1.54, 1.807) is 0 Å². The fourth-order valence-corrected chi connectivity index (χ4v) is 2.34. The molecule has 2 aromatic heterocycles. The molecule has 0 fully saturated rings. The molecule has 0 bridgehead atoms. The SMILES string of the molecule is Cc1c(-c2cccc[n+]2C)ncc2ccccc12. The van der Waals surface area contributed by atoms with Gasteiger partial charge < -0.3 is 0 Å². The summed E-state index contributed by atoms with van der Waals surface area (Å²) in [5.41, 5.74) is 3.42. The van der Waals surface area contributed by atoms with Crippen LogP contribution in [-0.2, 0) is 7.05 Å². The van der Waals surface area contributed by atoms with Crippen molar-refractivity contribution in [2.24, 2.45) is 7.05 Å². The van der Waals surface area contributed by atoms with E-state index in [2.05, 4.69) is 40.7 Å². The van der Waals surface area contributed by atoms with E-state index >= 15 is 0 Å². The Kier molecular flexibility index (Phi) is 2.56. The molecule has 0 aliphatic rings. The Bertz CT molecular complexity index is 717. The molecule has 0 spiro atoms. The Morgan fingerprint density at radius 2 is 1.78 bits per heavy atom. The molecule has 3 aromatic rings. The number of rotatable bonds is 1. The van der Waals surface area contributed by atoms with Crippen molar-refractivity contribution in [3.05, 3.63) is 60.4 Å². The van der Waals surface area contributed by atoms with Crippen molar-refractivity contribution in [2.45, 2.75) is 6.92 Å². The minimum absolute atomic E-state index is 1.05. The van der Waals surface area contributed by atoms with Crippen molar-refractivity contribution in [3.63, 3.8) is 0 Å². The van der Waals surface area contributed by atoms with Crippen LogP contribution in [0.25, 0.3) is 22.2 Å². The van der Waals surface area contributed by atoms with Crippen LogP contribution < -0.4 is 4.57 Å². The lowest BCUT2D eigenvalue weighted by Gasteiger charge is -2.06. The fourth-order valence-electron chi connectivity index (χ4n) is 2.34. The molecule has 0 amide bonds. The van der Waals surface area contributed by atoms with Gasteiger partial charge >= 0.3 is 0 Å². The lowest BCUT2D eigenvalue weighted by Crippen LogP contribution is -2.30. The van der Waals surface area contributed by atoms with Gasteiger partial charge in [-0.05, 0) is 23.9 Å². The molecule has 88 valence electrons. The molecular formula is C16H15N2+. The monoisotopic (exact) mass is 235 g/mol. The maximum atomic E-state index is 4.62. The Labute approximate surface area is 107 Å². The number of hydrogen-bond donors (Lipinski definition) is 0. The van der Waals surface area contributed by atoms with E-state index in [1.807, 2.05) is 37.6 Å². The van der Waals surface area contributed by atoms with Crippen LogP contribution in [0, 0.1) is 6.92 Å². The smallest absolute Gasteiger partial charge is 0.231 e. The summed E-state index contributed by atoms with van der Waals surface area (Å²) in [5, 5.41) is 2.46. The maximum Gasteiger partial charge on any atom is 0.231 e. The summed E-state index contributed by atoms with van der Waals surface area (Å²) in [4.78, 5) is 4.62. The third kappa shape index (κ3) is 1.66. The molecule has 0 unspecified atom stereocenters. The van der Waals surface area contributed by atoms with E-state index in [9.17, 15) is 0 Å². The van der Waals surface area contributed by atoms with Crippen molar-refractivity contribution in [2.75, 3.05) is 0 Å². The highest BCUT2D eigenvalue weighted by atomic mass is 14.9. The van der Waals surface area contributed by atoms with Gasteiger partial charge in [-0.3, -0.25) is 0 Å².